The van der Waals surface area contributed by atoms with Crippen molar-refractivity contribution in [1.29, 1.82) is 0 Å². The third-order valence-corrected chi connectivity index (χ3v) is 3.66. The zero-order valence-corrected chi connectivity index (χ0v) is 13.0. The molecule has 3 N–H and O–H groups in total. The topological polar surface area (TPSA) is 47.3 Å². The van der Waals surface area contributed by atoms with E-state index in [1.807, 2.05) is 31.2 Å². The van der Waals surface area contributed by atoms with Crippen LogP contribution in [-0.4, -0.2) is 7.11 Å². The van der Waals surface area contributed by atoms with Crippen LogP contribution in [0.1, 0.15) is 5.56 Å². The Hall–Kier alpha value is -1.39. The van der Waals surface area contributed by atoms with Gasteiger partial charge in [0, 0.05) is 15.6 Å². The molecule has 2 aromatic carbocycles. The van der Waals surface area contributed by atoms with E-state index in [2.05, 4.69) is 21.2 Å². The molecule has 0 bridgehead atoms. The monoisotopic (exact) mass is 340 g/mol. The van der Waals surface area contributed by atoms with E-state index < -0.39 is 0 Å². The summed E-state index contributed by atoms with van der Waals surface area (Å²) in [5, 5.41) is 3.93. The number of benzene rings is 2. The van der Waals surface area contributed by atoms with Crippen molar-refractivity contribution >= 4 is 44.6 Å². The van der Waals surface area contributed by atoms with E-state index in [9.17, 15) is 0 Å². The zero-order chi connectivity index (χ0) is 14.0. The summed E-state index contributed by atoms with van der Waals surface area (Å²) in [6, 6.07) is 9.39. The molecule has 0 saturated carbocycles. The van der Waals surface area contributed by atoms with Gasteiger partial charge in [-0.1, -0.05) is 27.5 Å². The third kappa shape index (κ3) is 3.14. The Balaban J connectivity index is 2.40. The fourth-order valence-electron chi connectivity index (χ4n) is 1.72. The Kier molecular flexibility index (Phi) is 4.22. The van der Waals surface area contributed by atoms with Crippen LogP contribution in [0, 0.1) is 6.92 Å². The van der Waals surface area contributed by atoms with Crippen LogP contribution in [0.3, 0.4) is 0 Å². The molecule has 3 nitrogen and oxygen atoms in total. The maximum Gasteiger partial charge on any atom is 0.143 e. The summed E-state index contributed by atoms with van der Waals surface area (Å²) in [5.74, 6) is 0.679. The number of methoxy groups -OCH3 is 1. The highest BCUT2D eigenvalue weighted by Gasteiger charge is 2.08. The van der Waals surface area contributed by atoms with E-state index in [-0.39, 0.29) is 0 Å². The summed E-state index contributed by atoms with van der Waals surface area (Å²) in [4.78, 5) is 0. The van der Waals surface area contributed by atoms with Crippen LogP contribution >= 0.6 is 27.5 Å². The van der Waals surface area contributed by atoms with Gasteiger partial charge in [-0.05, 0) is 36.8 Å². The van der Waals surface area contributed by atoms with Gasteiger partial charge < -0.3 is 15.8 Å². The van der Waals surface area contributed by atoms with Crippen LogP contribution in [-0.2, 0) is 0 Å². The first kappa shape index (κ1) is 14.0. The van der Waals surface area contributed by atoms with Crippen molar-refractivity contribution in [2.24, 2.45) is 0 Å². The third-order valence-electron chi connectivity index (χ3n) is 2.76. The van der Waals surface area contributed by atoms with Gasteiger partial charge in [0.05, 0.1) is 24.2 Å². The first-order valence-corrected chi connectivity index (χ1v) is 6.84. The summed E-state index contributed by atoms with van der Waals surface area (Å²) in [6.07, 6.45) is 0. The standard InChI is InChI=1S/C14H14BrClN2O/c1-8-5-13(14(19-2)7-10(8)16)18-12-4-3-9(15)6-11(12)17/h3-7,18H,17H2,1-2H3. The molecular weight excluding hydrogens is 328 g/mol. The minimum Gasteiger partial charge on any atom is -0.495 e. The van der Waals surface area contributed by atoms with Gasteiger partial charge in [0.1, 0.15) is 5.75 Å². The molecule has 0 fully saturated rings. The molecule has 0 aromatic heterocycles. The quantitative estimate of drug-likeness (QED) is 0.792. The Labute approximate surface area is 125 Å². The minimum atomic E-state index is 0.657. The fourth-order valence-corrected chi connectivity index (χ4v) is 2.25. The predicted octanol–water partition coefficient (Wildman–Crippen LogP) is 4.75. The van der Waals surface area contributed by atoms with Gasteiger partial charge in [-0.15, -0.1) is 0 Å². The van der Waals surface area contributed by atoms with E-state index >= 15 is 0 Å². The van der Waals surface area contributed by atoms with Gasteiger partial charge >= 0.3 is 0 Å². The maximum absolute atomic E-state index is 6.08. The van der Waals surface area contributed by atoms with Crippen LogP contribution in [0.2, 0.25) is 5.02 Å². The summed E-state index contributed by atoms with van der Waals surface area (Å²) < 4.78 is 6.26. The SMILES string of the molecule is COc1cc(Cl)c(C)cc1Nc1ccc(Br)cc1N. The van der Waals surface area contributed by atoms with Crippen molar-refractivity contribution in [3.63, 3.8) is 0 Å². The minimum absolute atomic E-state index is 0.657. The molecule has 0 saturated heterocycles. The summed E-state index contributed by atoms with van der Waals surface area (Å²) in [6.45, 7) is 1.94. The predicted molar refractivity (Wildman–Crippen MR) is 84.6 cm³/mol. The lowest BCUT2D eigenvalue weighted by Gasteiger charge is -2.14. The van der Waals surface area contributed by atoms with Gasteiger partial charge in [0.25, 0.3) is 0 Å². The Morgan fingerprint density at radius 1 is 1.21 bits per heavy atom. The van der Waals surface area contributed by atoms with E-state index in [0.717, 1.165) is 21.4 Å². The molecule has 0 aliphatic carbocycles. The number of rotatable bonds is 3. The second-order valence-electron chi connectivity index (χ2n) is 4.16. The van der Waals surface area contributed by atoms with Gasteiger partial charge in [0.15, 0.2) is 0 Å². The van der Waals surface area contributed by atoms with Gasteiger partial charge in [0.2, 0.25) is 0 Å². The number of nitrogens with one attached hydrogen (secondary N) is 1. The maximum atomic E-state index is 6.08. The Morgan fingerprint density at radius 2 is 1.95 bits per heavy atom. The summed E-state index contributed by atoms with van der Waals surface area (Å²) >= 11 is 9.46. The Morgan fingerprint density at radius 3 is 2.58 bits per heavy atom. The summed E-state index contributed by atoms with van der Waals surface area (Å²) in [5.41, 5.74) is 9.25. The van der Waals surface area contributed by atoms with Gasteiger partial charge in [-0.25, -0.2) is 0 Å². The second kappa shape index (κ2) is 5.72. The Bertz CT molecular complexity index is 617. The molecule has 0 aliphatic heterocycles. The molecule has 2 aromatic rings. The second-order valence-corrected chi connectivity index (χ2v) is 5.48. The number of nitrogens with two attached hydrogens (primary N) is 1. The highest BCUT2D eigenvalue weighted by Crippen LogP contribution is 2.35. The van der Waals surface area contributed by atoms with Crippen molar-refractivity contribution in [3.8, 4) is 5.75 Å². The summed E-state index contributed by atoms with van der Waals surface area (Å²) in [7, 11) is 1.61. The van der Waals surface area contributed by atoms with Crippen molar-refractivity contribution in [1.82, 2.24) is 0 Å². The van der Waals surface area contributed by atoms with Crippen LogP contribution in [0.15, 0.2) is 34.8 Å². The van der Waals surface area contributed by atoms with Crippen LogP contribution in [0.25, 0.3) is 0 Å². The highest BCUT2D eigenvalue weighted by atomic mass is 79.9. The molecule has 19 heavy (non-hydrogen) atoms. The van der Waals surface area contributed by atoms with Crippen molar-refractivity contribution in [2.75, 3.05) is 18.2 Å². The number of halogens is 2. The first-order chi connectivity index (χ1) is 9.01. The van der Waals surface area contributed by atoms with Gasteiger partial charge in [-0.3, -0.25) is 0 Å². The average molecular weight is 342 g/mol. The van der Waals surface area contributed by atoms with Crippen LogP contribution in [0.5, 0.6) is 5.75 Å². The molecule has 0 heterocycles. The molecule has 0 radical (unpaired) electrons. The van der Waals surface area contributed by atoms with E-state index in [1.54, 1.807) is 13.2 Å². The van der Waals surface area contributed by atoms with Crippen molar-refractivity contribution < 1.29 is 4.74 Å². The number of anilines is 3. The average Bonchev–Trinajstić information content (AvgIpc) is 2.36. The van der Waals surface area contributed by atoms with Crippen LogP contribution < -0.4 is 15.8 Å². The van der Waals surface area contributed by atoms with E-state index in [4.69, 9.17) is 22.1 Å². The smallest absolute Gasteiger partial charge is 0.143 e. The fraction of sp³-hybridized carbons (Fsp3) is 0.143. The lowest BCUT2D eigenvalue weighted by atomic mass is 10.2. The lowest BCUT2D eigenvalue weighted by molar-refractivity contribution is 0.417. The normalized spacial score (nSPS) is 10.3. The van der Waals surface area contributed by atoms with Crippen molar-refractivity contribution in [2.45, 2.75) is 6.92 Å². The van der Waals surface area contributed by atoms with E-state index in [1.165, 1.54) is 0 Å². The molecular formula is C14H14BrClN2O. The number of hydrogen-bond donors (Lipinski definition) is 2. The number of aryl methyl sites for hydroxylation is 1. The van der Waals surface area contributed by atoms with Gasteiger partial charge in [-0.2, -0.15) is 0 Å². The molecule has 5 heteroatoms. The largest absolute Gasteiger partial charge is 0.495 e. The van der Waals surface area contributed by atoms with E-state index in [0.29, 0.717) is 16.5 Å². The van der Waals surface area contributed by atoms with Crippen LogP contribution in [0.4, 0.5) is 17.1 Å². The molecule has 0 unspecified atom stereocenters. The molecule has 100 valence electrons. The number of nitrogen functional groups attached to an aromatic ring is 1. The molecule has 0 amide bonds. The first-order valence-electron chi connectivity index (χ1n) is 5.67. The van der Waals surface area contributed by atoms with Crippen molar-refractivity contribution in [3.05, 3.63) is 45.4 Å². The highest BCUT2D eigenvalue weighted by molar-refractivity contribution is 9.10. The molecule has 0 aliphatic rings. The lowest BCUT2D eigenvalue weighted by Crippen LogP contribution is -1.99. The molecule has 2 rings (SSSR count). The molecule has 0 spiro atoms. The zero-order valence-electron chi connectivity index (χ0n) is 10.6. The molecule has 0 atom stereocenters. The number of ether oxygens (including phenoxy) is 1. The number of hydrogen-bond acceptors (Lipinski definition) is 3.